The number of nitrogens with one attached hydrogen (secondary N) is 1. The molecule has 2 aliphatic rings. The number of alkyl halides is 6. The van der Waals surface area contributed by atoms with E-state index in [0.717, 1.165) is 30.3 Å². The third kappa shape index (κ3) is 5.21. The van der Waals surface area contributed by atoms with Crippen LogP contribution in [-0.4, -0.2) is 52.0 Å². The zero-order chi connectivity index (χ0) is 25.4. The maximum absolute atomic E-state index is 13.2. The van der Waals surface area contributed by atoms with E-state index in [4.69, 9.17) is 0 Å². The first-order valence-corrected chi connectivity index (χ1v) is 11.7. The number of carbonyl (C=O) groups is 2. The molecule has 188 valence electrons. The van der Waals surface area contributed by atoms with Crippen molar-refractivity contribution in [2.24, 2.45) is 0 Å². The molecule has 0 unspecified atom stereocenters. The Morgan fingerprint density at radius 1 is 0.857 bits per heavy atom. The van der Waals surface area contributed by atoms with Gasteiger partial charge in [0.1, 0.15) is 0 Å². The molecular formula is C23H21F6N3O2S. The van der Waals surface area contributed by atoms with Crippen molar-refractivity contribution in [3.8, 4) is 0 Å². The minimum Gasteiger partial charge on any atom is -0.324 e. The molecular weight excluding hydrogens is 496 g/mol. The molecule has 1 spiro atoms. The molecule has 0 aromatic heterocycles. The van der Waals surface area contributed by atoms with E-state index >= 15 is 0 Å². The normalized spacial score (nSPS) is 18.1. The van der Waals surface area contributed by atoms with E-state index in [0.29, 0.717) is 25.1 Å². The summed E-state index contributed by atoms with van der Waals surface area (Å²) in [5, 5.41) is 2.33. The van der Waals surface area contributed by atoms with Crippen LogP contribution in [0.5, 0.6) is 0 Å². The monoisotopic (exact) mass is 517 g/mol. The van der Waals surface area contributed by atoms with E-state index in [9.17, 15) is 35.9 Å². The number of halogens is 6. The van der Waals surface area contributed by atoms with Gasteiger partial charge in [0, 0.05) is 31.0 Å². The minimum atomic E-state index is -4.62. The SMILES string of the molecule is O=C(Nc1ccccc1C(F)(F)F)N1CCC2(CC1)SCCN2C(=O)c1ccc(C(F)(F)F)cc1. The predicted octanol–water partition coefficient (Wildman–Crippen LogP) is 5.94. The molecule has 2 heterocycles. The minimum absolute atomic E-state index is 0.142. The molecule has 0 radical (unpaired) electrons. The molecule has 2 fully saturated rings. The van der Waals surface area contributed by atoms with Gasteiger partial charge >= 0.3 is 18.4 Å². The molecule has 35 heavy (non-hydrogen) atoms. The molecule has 12 heteroatoms. The van der Waals surface area contributed by atoms with Crippen molar-refractivity contribution in [1.29, 1.82) is 0 Å². The second kappa shape index (κ2) is 9.29. The highest BCUT2D eigenvalue weighted by atomic mass is 32.2. The van der Waals surface area contributed by atoms with Gasteiger partial charge in [-0.25, -0.2) is 4.79 Å². The lowest BCUT2D eigenvalue weighted by molar-refractivity contribution is -0.138. The summed E-state index contributed by atoms with van der Waals surface area (Å²) in [5.41, 5.74) is -1.98. The second-order valence-corrected chi connectivity index (χ2v) is 9.74. The average molecular weight is 517 g/mol. The van der Waals surface area contributed by atoms with Crippen molar-refractivity contribution in [3.63, 3.8) is 0 Å². The smallest absolute Gasteiger partial charge is 0.324 e. The largest absolute Gasteiger partial charge is 0.418 e. The van der Waals surface area contributed by atoms with Gasteiger partial charge in [-0.05, 0) is 49.2 Å². The summed E-state index contributed by atoms with van der Waals surface area (Å²) in [6, 6.07) is 8.09. The van der Waals surface area contributed by atoms with Crippen LogP contribution in [0.25, 0.3) is 0 Å². The number of nitrogens with zero attached hydrogens (tertiary/aromatic N) is 2. The second-order valence-electron chi connectivity index (χ2n) is 8.29. The zero-order valence-corrected chi connectivity index (χ0v) is 19.1. The Bertz CT molecular complexity index is 1100. The average Bonchev–Trinajstić information content (AvgIpc) is 3.21. The maximum Gasteiger partial charge on any atom is 0.418 e. The number of benzene rings is 2. The van der Waals surface area contributed by atoms with Gasteiger partial charge in [-0.15, -0.1) is 11.8 Å². The fourth-order valence-electron chi connectivity index (χ4n) is 4.36. The predicted molar refractivity (Wildman–Crippen MR) is 119 cm³/mol. The van der Waals surface area contributed by atoms with Gasteiger partial charge in [-0.1, -0.05) is 12.1 Å². The topological polar surface area (TPSA) is 52.7 Å². The van der Waals surface area contributed by atoms with Gasteiger partial charge < -0.3 is 15.1 Å². The fourth-order valence-corrected chi connectivity index (χ4v) is 5.81. The number of thioether (sulfide) groups is 1. The van der Waals surface area contributed by atoms with Crippen molar-refractivity contribution >= 4 is 29.4 Å². The first-order valence-electron chi connectivity index (χ1n) is 10.8. The van der Waals surface area contributed by atoms with E-state index in [-0.39, 0.29) is 30.2 Å². The number of likely N-dealkylation sites (tertiary alicyclic amines) is 1. The molecule has 2 saturated heterocycles. The molecule has 0 atom stereocenters. The number of anilines is 1. The Hall–Kier alpha value is -2.89. The van der Waals surface area contributed by atoms with E-state index in [2.05, 4.69) is 5.32 Å². The van der Waals surface area contributed by atoms with Gasteiger partial charge in [-0.2, -0.15) is 26.3 Å². The van der Waals surface area contributed by atoms with Crippen LogP contribution in [0.3, 0.4) is 0 Å². The number of hydrogen-bond acceptors (Lipinski definition) is 3. The van der Waals surface area contributed by atoms with Crippen LogP contribution in [0.15, 0.2) is 48.5 Å². The first-order chi connectivity index (χ1) is 16.4. The van der Waals surface area contributed by atoms with Gasteiger partial charge in [0.2, 0.25) is 0 Å². The van der Waals surface area contributed by atoms with Crippen LogP contribution in [0.4, 0.5) is 36.8 Å². The summed E-state index contributed by atoms with van der Waals surface area (Å²) < 4.78 is 78.2. The van der Waals surface area contributed by atoms with Crippen LogP contribution >= 0.6 is 11.8 Å². The number of hydrogen-bond donors (Lipinski definition) is 1. The number of rotatable bonds is 2. The van der Waals surface area contributed by atoms with E-state index < -0.39 is 34.4 Å². The highest BCUT2D eigenvalue weighted by Gasteiger charge is 2.47. The van der Waals surface area contributed by atoms with Crippen molar-refractivity contribution in [3.05, 3.63) is 65.2 Å². The standard InChI is InChI=1S/C23H21F6N3O2S/c24-22(25,26)16-7-5-15(6-8-16)19(33)32-13-14-35-21(32)9-11-31(12-10-21)20(34)30-18-4-2-1-3-17(18)23(27,28)29/h1-8H,9-14H2,(H,30,34). The molecule has 5 nitrogen and oxygen atoms in total. The third-order valence-corrected chi connectivity index (χ3v) is 7.74. The van der Waals surface area contributed by atoms with Crippen LogP contribution in [0.1, 0.15) is 34.3 Å². The number of amides is 3. The van der Waals surface area contributed by atoms with Crippen LogP contribution in [0.2, 0.25) is 0 Å². The molecule has 0 saturated carbocycles. The molecule has 2 aromatic carbocycles. The summed E-state index contributed by atoms with van der Waals surface area (Å²) in [7, 11) is 0. The quantitative estimate of drug-likeness (QED) is 0.502. The van der Waals surface area contributed by atoms with Gasteiger partial charge in [0.15, 0.2) is 0 Å². The lowest BCUT2D eigenvalue weighted by Gasteiger charge is -2.44. The summed E-state index contributed by atoms with van der Waals surface area (Å²) in [5.74, 6) is 0.248. The van der Waals surface area contributed by atoms with Gasteiger partial charge in [-0.3, -0.25) is 4.79 Å². The van der Waals surface area contributed by atoms with Crippen LogP contribution < -0.4 is 5.32 Å². The zero-order valence-electron chi connectivity index (χ0n) is 18.2. The Morgan fingerprint density at radius 2 is 1.49 bits per heavy atom. The van der Waals surface area contributed by atoms with E-state index in [1.165, 1.54) is 23.1 Å². The Kier molecular flexibility index (Phi) is 6.69. The van der Waals surface area contributed by atoms with Crippen molar-refractivity contribution in [2.45, 2.75) is 30.1 Å². The highest BCUT2D eigenvalue weighted by molar-refractivity contribution is 8.00. The molecule has 2 aromatic rings. The van der Waals surface area contributed by atoms with Gasteiger partial charge in [0.25, 0.3) is 5.91 Å². The third-order valence-electron chi connectivity index (χ3n) is 6.19. The molecule has 3 amide bonds. The highest BCUT2D eigenvalue weighted by Crippen LogP contribution is 2.45. The molecule has 2 aliphatic heterocycles. The number of urea groups is 1. The molecule has 4 rings (SSSR count). The number of para-hydroxylation sites is 1. The van der Waals surface area contributed by atoms with Crippen molar-refractivity contribution < 1.29 is 35.9 Å². The van der Waals surface area contributed by atoms with Crippen LogP contribution in [-0.2, 0) is 12.4 Å². The summed E-state index contributed by atoms with van der Waals surface area (Å²) >= 11 is 1.55. The van der Waals surface area contributed by atoms with Crippen molar-refractivity contribution in [1.82, 2.24) is 9.80 Å². The Balaban J connectivity index is 1.42. The van der Waals surface area contributed by atoms with Crippen LogP contribution in [0, 0.1) is 0 Å². The number of piperidine rings is 1. The molecule has 0 aliphatic carbocycles. The lowest BCUT2D eigenvalue weighted by Crippen LogP contribution is -2.54. The Morgan fingerprint density at radius 3 is 2.09 bits per heavy atom. The summed E-state index contributed by atoms with van der Waals surface area (Å²) in [6.45, 7) is 0.837. The number of carbonyl (C=O) groups excluding carboxylic acids is 2. The fraction of sp³-hybridized carbons (Fsp3) is 0.391. The van der Waals surface area contributed by atoms with E-state index in [1.54, 1.807) is 16.7 Å². The maximum atomic E-state index is 13.2. The molecule has 1 N–H and O–H groups in total. The molecule has 0 bridgehead atoms. The van der Waals surface area contributed by atoms with Gasteiger partial charge in [0.05, 0.1) is 21.7 Å². The lowest BCUT2D eigenvalue weighted by atomic mass is 10.0. The summed E-state index contributed by atoms with van der Waals surface area (Å²) in [6.07, 6.45) is -8.34. The first kappa shape index (κ1) is 25.2. The Labute approximate surface area is 201 Å². The van der Waals surface area contributed by atoms with Crippen molar-refractivity contribution in [2.75, 3.05) is 30.7 Å². The summed E-state index contributed by atoms with van der Waals surface area (Å²) in [4.78, 5) is 28.2. The van der Waals surface area contributed by atoms with E-state index in [1.807, 2.05) is 0 Å².